The molecule has 5 nitrogen and oxygen atoms in total. The molecule has 1 atom stereocenters. The van der Waals surface area contributed by atoms with E-state index in [0.717, 1.165) is 0 Å². The molecular formula is C12H13Cl2N3O2. The third-order valence-corrected chi connectivity index (χ3v) is 3.62. The van der Waals surface area contributed by atoms with Gasteiger partial charge in [0.2, 0.25) is 5.79 Å². The zero-order valence-electron chi connectivity index (χ0n) is 10.5. The van der Waals surface area contributed by atoms with E-state index in [2.05, 4.69) is 4.99 Å². The molecule has 0 fully saturated rings. The molecule has 0 bridgehead atoms. The maximum absolute atomic E-state index is 11.1. The van der Waals surface area contributed by atoms with Crippen molar-refractivity contribution in [1.82, 2.24) is 5.06 Å². The Hall–Kier alpha value is -1.30. The van der Waals surface area contributed by atoms with Gasteiger partial charge in [0, 0.05) is 18.6 Å². The molecule has 2 N–H and O–H groups in total. The molecule has 102 valence electrons. The average molecular weight is 302 g/mol. The molecule has 1 aromatic rings. The van der Waals surface area contributed by atoms with Crippen molar-refractivity contribution < 1.29 is 9.63 Å². The van der Waals surface area contributed by atoms with Crippen LogP contribution < -0.4 is 16.3 Å². The molecule has 1 aliphatic heterocycles. The molecule has 1 aliphatic rings. The van der Waals surface area contributed by atoms with Crippen LogP contribution >= 0.6 is 23.2 Å². The number of fused-ring (bicyclic) bond motifs is 1. The second-order valence-electron chi connectivity index (χ2n) is 4.18. The van der Waals surface area contributed by atoms with Crippen LogP contribution in [-0.4, -0.2) is 16.8 Å². The number of nitrogens with zero attached hydrogens (tertiary/aromatic N) is 2. The van der Waals surface area contributed by atoms with Crippen LogP contribution in [0.15, 0.2) is 17.1 Å². The molecule has 0 amide bonds. The fourth-order valence-corrected chi connectivity index (χ4v) is 2.12. The standard InChI is InChI=1S/C12H13Cl2N3O2/c1-3-12(15)16-10-5-4-9(13)11(14)8(10)6-17(12)19-7(2)18/h4-6H,3,15H2,1-2H3. The zero-order chi connectivity index (χ0) is 14.2. The normalized spacial score (nSPS) is 21.2. The van der Waals surface area contributed by atoms with E-state index in [1.165, 1.54) is 12.0 Å². The quantitative estimate of drug-likeness (QED) is 0.890. The molecule has 7 heteroatoms. The summed E-state index contributed by atoms with van der Waals surface area (Å²) in [6, 6.07) is 3.38. The molecule has 0 spiro atoms. The highest BCUT2D eigenvalue weighted by Crippen LogP contribution is 2.21. The third-order valence-electron chi connectivity index (χ3n) is 2.80. The van der Waals surface area contributed by atoms with Crippen molar-refractivity contribution in [3.05, 3.63) is 32.8 Å². The van der Waals surface area contributed by atoms with E-state index < -0.39 is 11.8 Å². The highest BCUT2D eigenvalue weighted by molar-refractivity contribution is 6.42. The lowest BCUT2D eigenvalue weighted by atomic mass is 10.2. The third kappa shape index (κ3) is 2.54. The number of benzene rings is 1. The van der Waals surface area contributed by atoms with Gasteiger partial charge in [-0.1, -0.05) is 30.1 Å². The predicted molar refractivity (Wildman–Crippen MR) is 72.5 cm³/mol. The second-order valence-corrected chi connectivity index (χ2v) is 4.96. The van der Waals surface area contributed by atoms with Gasteiger partial charge in [-0.2, -0.15) is 5.06 Å². The summed E-state index contributed by atoms with van der Waals surface area (Å²) >= 11 is 12.1. The minimum absolute atomic E-state index is 0.346. The maximum atomic E-state index is 11.1. The number of rotatable bonds is 2. The Balaban J connectivity index is 2.67. The van der Waals surface area contributed by atoms with E-state index in [1.807, 2.05) is 6.92 Å². The molecule has 1 aromatic carbocycles. The van der Waals surface area contributed by atoms with Crippen LogP contribution in [0.4, 0.5) is 0 Å². The van der Waals surface area contributed by atoms with Crippen molar-refractivity contribution in [3.63, 3.8) is 0 Å². The van der Waals surface area contributed by atoms with Gasteiger partial charge in [-0.05, 0) is 12.1 Å². The van der Waals surface area contributed by atoms with Crippen LogP contribution in [0.2, 0.25) is 10.0 Å². The van der Waals surface area contributed by atoms with Crippen LogP contribution in [0.3, 0.4) is 0 Å². The number of hydrogen-bond donors (Lipinski definition) is 1. The summed E-state index contributed by atoms with van der Waals surface area (Å²) < 4.78 is 0. The zero-order valence-corrected chi connectivity index (χ0v) is 12.0. The lowest BCUT2D eigenvalue weighted by Crippen LogP contribution is -2.57. The first kappa shape index (κ1) is 14.1. The molecule has 0 saturated carbocycles. The van der Waals surface area contributed by atoms with Crippen molar-refractivity contribution in [3.8, 4) is 0 Å². The van der Waals surface area contributed by atoms with Crippen LogP contribution in [-0.2, 0) is 9.63 Å². The predicted octanol–water partition coefficient (Wildman–Crippen LogP) is 1.17. The van der Waals surface area contributed by atoms with Gasteiger partial charge in [0.25, 0.3) is 0 Å². The summed E-state index contributed by atoms with van der Waals surface area (Å²) in [5, 5.41) is 3.14. The summed E-state index contributed by atoms with van der Waals surface area (Å²) in [6.07, 6.45) is 2.00. The lowest BCUT2D eigenvalue weighted by Gasteiger charge is -2.35. The smallest absolute Gasteiger partial charge is 0.329 e. The first-order valence-corrected chi connectivity index (χ1v) is 6.45. The minimum atomic E-state index is -1.14. The molecule has 2 rings (SSSR count). The van der Waals surface area contributed by atoms with Gasteiger partial charge in [0.15, 0.2) is 0 Å². The van der Waals surface area contributed by atoms with Crippen LogP contribution in [0, 0.1) is 0 Å². The fraction of sp³-hybridized carbons (Fsp3) is 0.333. The average Bonchev–Trinajstić information content (AvgIpc) is 2.35. The SMILES string of the molecule is CCC1(N)N=c2ccc(Cl)c(Cl)c2=CN1OC(C)=O. The molecule has 0 radical (unpaired) electrons. The van der Waals surface area contributed by atoms with E-state index in [-0.39, 0.29) is 0 Å². The molecule has 0 aromatic heterocycles. The Labute approximate surface area is 120 Å². The number of carbonyl (C=O) groups is 1. The molecular weight excluding hydrogens is 289 g/mol. The Kier molecular flexibility index (Phi) is 3.71. The lowest BCUT2D eigenvalue weighted by molar-refractivity contribution is -0.193. The van der Waals surface area contributed by atoms with E-state index in [0.29, 0.717) is 27.0 Å². The highest BCUT2D eigenvalue weighted by Gasteiger charge is 2.33. The number of carbonyl (C=O) groups excluding carboxylic acids is 1. The summed E-state index contributed by atoms with van der Waals surface area (Å²) in [5.41, 5.74) is 6.13. The van der Waals surface area contributed by atoms with Crippen LogP contribution in [0.1, 0.15) is 20.3 Å². The van der Waals surface area contributed by atoms with Crippen molar-refractivity contribution in [2.75, 3.05) is 0 Å². The van der Waals surface area contributed by atoms with Gasteiger partial charge in [-0.15, -0.1) is 0 Å². The van der Waals surface area contributed by atoms with E-state index >= 15 is 0 Å². The van der Waals surface area contributed by atoms with E-state index in [1.54, 1.807) is 18.3 Å². The number of halogens is 2. The Bertz CT molecular complexity index is 647. The van der Waals surface area contributed by atoms with E-state index in [4.69, 9.17) is 33.8 Å². The van der Waals surface area contributed by atoms with Gasteiger partial charge >= 0.3 is 5.97 Å². The first-order chi connectivity index (χ1) is 8.87. The summed E-state index contributed by atoms with van der Waals surface area (Å²) in [7, 11) is 0. The van der Waals surface area contributed by atoms with Crippen molar-refractivity contribution in [2.45, 2.75) is 26.1 Å². The largest absolute Gasteiger partial charge is 0.338 e. The molecule has 0 saturated heterocycles. The first-order valence-electron chi connectivity index (χ1n) is 5.70. The summed E-state index contributed by atoms with van der Waals surface area (Å²) in [5.74, 6) is -1.63. The van der Waals surface area contributed by atoms with Crippen molar-refractivity contribution >= 4 is 35.4 Å². The van der Waals surface area contributed by atoms with Crippen molar-refractivity contribution in [2.24, 2.45) is 10.7 Å². The second kappa shape index (κ2) is 5.00. The fourth-order valence-electron chi connectivity index (χ4n) is 1.74. The summed E-state index contributed by atoms with van der Waals surface area (Å²) in [6.45, 7) is 3.13. The summed E-state index contributed by atoms with van der Waals surface area (Å²) in [4.78, 5) is 20.6. The molecule has 1 unspecified atom stereocenters. The monoisotopic (exact) mass is 301 g/mol. The van der Waals surface area contributed by atoms with Gasteiger partial charge in [-0.25, -0.2) is 4.99 Å². The molecule has 0 aliphatic carbocycles. The number of nitrogens with two attached hydrogens (primary N) is 1. The molecule has 1 heterocycles. The highest BCUT2D eigenvalue weighted by atomic mass is 35.5. The van der Waals surface area contributed by atoms with Crippen LogP contribution in [0.25, 0.3) is 6.20 Å². The van der Waals surface area contributed by atoms with Gasteiger partial charge in [0.1, 0.15) is 0 Å². The minimum Gasteiger partial charge on any atom is -0.338 e. The number of hydrogen-bond acceptors (Lipinski definition) is 5. The number of hydroxylamine groups is 2. The maximum Gasteiger partial charge on any atom is 0.329 e. The Morgan fingerprint density at radius 1 is 1.53 bits per heavy atom. The Morgan fingerprint density at radius 2 is 2.21 bits per heavy atom. The van der Waals surface area contributed by atoms with Crippen molar-refractivity contribution in [1.29, 1.82) is 0 Å². The topological polar surface area (TPSA) is 67.9 Å². The van der Waals surface area contributed by atoms with Gasteiger partial charge in [-0.3, -0.25) is 10.5 Å². The van der Waals surface area contributed by atoms with Crippen LogP contribution in [0.5, 0.6) is 0 Å². The Morgan fingerprint density at radius 3 is 2.79 bits per heavy atom. The van der Waals surface area contributed by atoms with Gasteiger partial charge < -0.3 is 4.84 Å². The van der Waals surface area contributed by atoms with Gasteiger partial charge in [0.05, 0.1) is 21.6 Å². The molecule has 19 heavy (non-hydrogen) atoms. The van der Waals surface area contributed by atoms with E-state index in [9.17, 15) is 4.79 Å².